The van der Waals surface area contributed by atoms with Gasteiger partial charge in [0, 0.05) is 31.2 Å². The number of ether oxygens (including phenoxy) is 1. The van der Waals surface area contributed by atoms with Gasteiger partial charge in [0.25, 0.3) is 0 Å². The van der Waals surface area contributed by atoms with Crippen molar-refractivity contribution >= 4 is 29.1 Å². The number of rotatable bonds is 6. The van der Waals surface area contributed by atoms with Gasteiger partial charge in [-0.25, -0.2) is 0 Å². The zero-order valence-corrected chi connectivity index (χ0v) is 17.1. The third-order valence-electron chi connectivity index (χ3n) is 5.03. The van der Waals surface area contributed by atoms with Gasteiger partial charge >= 0.3 is 11.8 Å². The number of carbonyl (C=O) groups excluding carboxylic acids is 2. The molecular weight excluding hydrogens is 392 g/mol. The molecule has 0 saturated carbocycles. The summed E-state index contributed by atoms with van der Waals surface area (Å²) in [6.45, 7) is 3.35. The maximum Gasteiger partial charge on any atom is 0.313 e. The number of hydrogen-bond donors (Lipinski definition) is 2. The van der Waals surface area contributed by atoms with Crippen LogP contribution in [-0.2, 0) is 16.1 Å². The number of methoxy groups -OCH3 is 1. The molecule has 1 fully saturated rings. The summed E-state index contributed by atoms with van der Waals surface area (Å²) in [5, 5.41) is 5.66. The number of carbonyl (C=O) groups is 2. The maximum atomic E-state index is 12.1. The van der Waals surface area contributed by atoms with Crippen LogP contribution in [0.2, 0.25) is 5.02 Å². The van der Waals surface area contributed by atoms with Crippen LogP contribution in [0.4, 0.5) is 5.69 Å². The van der Waals surface area contributed by atoms with Crippen molar-refractivity contribution in [1.29, 1.82) is 0 Å². The van der Waals surface area contributed by atoms with Crippen LogP contribution in [0.15, 0.2) is 42.7 Å². The molecule has 0 atom stereocenters. The largest absolute Gasteiger partial charge is 0.495 e. The van der Waals surface area contributed by atoms with Gasteiger partial charge in [0.05, 0.1) is 12.1 Å². The quantitative estimate of drug-likeness (QED) is 0.707. The molecule has 1 aromatic carbocycles. The van der Waals surface area contributed by atoms with Crippen LogP contribution >= 0.6 is 11.6 Å². The molecule has 154 valence electrons. The number of nitrogens with zero attached hydrogens (tertiary/aromatic N) is 2. The summed E-state index contributed by atoms with van der Waals surface area (Å²) in [6, 6.07) is 8.87. The van der Waals surface area contributed by atoms with Gasteiger partial charge in [0.2, 0.25) is 0 Å². The number of pyridine rings is 1. The Kier molecular flexibility index (Phi) is 7.43. The average molecular weight is 417 g/mol. The van der Waals surface area contributed by atoms with E-state index in [1.54, 1.807) is 18.2 Å². The summed E-state index contributed by atoms with van der Waals surface area (Å²) in [5.74, 6) is -0.474. The van der Waals surface area contributed by atoms with E-state index in [2.05, 4.69) is 20.5 Å². The molecule has 0 aliphatic carbocycles. The third kappa shape index (κ3) is 6.17. The lowest BCUT2D eigenvalue weighted by atomic mass is 9.96. The topological polar surface area (TPSA) is 83.6 Å². The van der Waals surface area contributed by atoms with Crippen LogP contribution in [0.5, 0.6) is 5.75 Å². The van der Waals surface area contributed by atoms with Gasteiger partial charge in [0.15, 0.2) is 0 Å². The van der Waals surface area contributed by atoms with Crippen LogP contribution in [0, 0.1) is 5.92 Å². The molecule has 2 amide bonds. The van der Waals surface area contributed by atoms with E-state index in [0.29, 0.717) is 28.9 Å². The number of likely N-dealkylation sites (tertiary alicyclic amines) is 1. The fraction of sp³-hybridized carbons (Fsp3) is 0.381. The van der Waals surface area contributed by atoms with Crippen LogP contribution < -0.4 is 15.4 Å². The molecule has 1 aromatic heterocycles. The van der Waals surface area contributed by atoms with Crippen molar-refractivity contribution in [3.63, 3.8) is 0 Å². The Morgan fingerprint density at radius 1 is 1.17 bits per heavy atom. The van der Waals surface area contributed by atoms with Crippen molar-refractivity contribution in [3.8, 4) is 5.75 Å². The minimum Gasteiger partial charge on any atom is -0.495 e. The predicted molar refractivity (Wildman–Crippen MR) is 112 cm³/mol. The first kappa shape index (κ1) is 21.1. The average Bonchev–Trinajstić information content (AvgIpc) is 2.74. The maximum absolute atomic E-state index is 12.1. The lowest BCUT2D eigenvalue weighted by Crippen LogP contribution is -2.41. The lowest BCUT2D eigenvalue weighted by molar-refractivity contribution is -0.136. The molecule has 0 bridgehead atoms. The lowest BCUT2D eigenvalue weighted by Gasteiger charge is -2.32. The first-order chi connectivity index (χ1) is 14.0. The molecule has 1 saturated heterocycles. The van der Waals surface area contributed by atoms with E-state index in [4.69, 9.17) is 16.3 Å². The van der Waals surface area contributed by atoms with E-state index >= 15 is 0 Å². The third-order valence-corrected chi connectivity index (χ3v) is 5.33. The monoisotopic (exact) mass is 416 g/mol. The van der Waals surface area contributed by atoms with Gasteiger partial charge in [0.1, 0.15) is 5.75 Å². The number of amides is 2. The minimum absolute atomic E-state index is 0.365. The molecule has 29 heavy (non-hydrogen) atoms. The fourth-order valence-electron chi connectivity index (χ4n) is 3.34. The molecule has 0 spiro atoms. The van der Waals surface area contributed by atoms with E-state index in [9.17, 15) is 9.59 Å². The first-order valence-corrected chi connectivity index (χ1v) is 9.97. The highest BCUT2D eigenvalue weighted by Gasteiger charge is 2.21. The molecule has 2 aromatic rings. The van der Waals surface area contributed by atoms with Crippen LogP contribution in [0.1, 0.15) is 18.4 Å². The van der Waals surface area contributed by atoms with Crippen molar-refractivity contribution in [1.82, 2.24) is 15.2 Å². The Labute approximate surface area is 175 Å². The zero-order valence-electron chi connectivity index (χ0n) is 16.4. The number of piperidine rings is 1. The van der Waals surface area contributed by atoms with E-state index in [0.717, 1.165) is 32.5 Å². The van der Waals surface area contributed by atoms with Gasteiger partial charge in [-0.15, -0.1) is 0 Å². The predicted octanol–water partition coefficient (Wildman–Crippen LogP) is 2.71. The number of benzene rings is 1. The molecule has 2 N–H and O–H groups in total. The summed E-state index contributed by atoms with van der Waals surface area (Å²) < 4.78 is 5.07. The highest BCUT2D eigenvalue weighted by atomic mass is 35.5. The van der Waals surface area contributed by atoms with Gasteiger partial charge in [-0.1, -0.05) is 11.6 Å². The standard InChI is InChI=1S/C21H25ClN4O3/c1-29-19-3-2-17(12-18(19)22)25-21(28)20(27)24-13-15-6-10-26(11-7-15)14-16-4-8-23-9-5-16/h2-5,8-9,12,15H,6-7,10-11,13-14H2,1H3,(H,24,27)(H,25,28). The number of aromatic nitrogens is 1. The van der Waals surface area contributed by atoms with Crippen molar-refractivity contribution in [2.45, 2.75) is 19.4 Å². The van der Waals surface area contributed by atoms with Crippen LogP contribution in [-0.4, -0.2) is 48.4 Å². The summed E-state index contributed by atoms with van der Waals surface area (Å²) in [4.78, 5) is 30.6. The van der Waals surface area contributed by atoms with Gasteiger partial charge in [-0.2, -0.15) is 0 Å². The highest BCUT2D eigenvalue weighted by molar-refractivity contribution is 6.40. The van der Waals surface area contributed by atoms with Gasteiger partial charge in [-0.05, 0) is 67.7 Å². The first-order valence-electron chi connectivity index (χ1n) is 9.59. The number of anilines is 1. The number of hydrogen-bond acceptors (Lipinski definition) is 5. The second-order valence-electron chi connectivity index (χ2n) is 7.09. The van der Waals surface area contributed by atoms with Crippen molar-refractivity contribution in [2.75, 3.05) is 32.1 Å². The van der Waals surface area contributed by atoms with Crippen molar-refractivity contribution < 1.29 is 14.3 Å². The Morgan fingerprint density at radius 2 is 1.90 bits per heavy atom. The number of nitrogens with one attached hydrogen (secondary N) is 2. The molecule has 3 rings (SSSR count). The molecule has 1 aliphatic rings. The van der Waals surface area contributed by atoms with Gasteiger partial charge in [-0.3, -0.25) is 19.5 Å². The normalized spacial score (nSPS) is 15.0. The molecule has 7 nitrogen and oxygen atoms in total. The van der Waals surface area contributed by atoms with Crippen LogP contribution in [0.25, 0.3) is 0 Å². The fourth-order valence-corrected chi connectivity index (χ4v) is 3.60. The molecule has 1 aliphatic heterocycles. The van der Waals surface area contributed by atoms with E-state index < -0.39 is 11.8 Å². The van der Waals surface area contributed by atoms with Crippen molar-refractivity contribution in [3.05, 3.63) is 53.3 Å². The van der Waals surface area contributed by atoms with Crippen LogP contribution in [0.3, 0.4) is 0 Å². The molecule has 8 heteroatoms. The second-order valence-corrected chi connectivity index (χ2v) is 7.50. The zero-order chi connectivity index (χ0) is 20.6. The smallest absolute Gasteiger partial charge is 0.313 e. The van der Waals surface area contributed by atoms with E-state index in [1.807, 2.05) is 24.5 Å². The second kappa shape index (κ2) is 10.2. The SMILES string of the molecule is COc1ccc(NC(=O)C(=O)NCC2CCN(Cc3ccncc3)CC2)cc1Cl. The Hall–Kier alpha value is -2.64. The minimum atomic E-state index is -0.707. The Morgan fingerprint density at radius 3 is 2.55 bits per heavy atom. The van der Waals surface area contributed by atoms with Crippen molar-refractivity contribution in [2.24, 2.45) is 5.92 Å². The van der Waals surface area contributed by atoms with E-state index in [-0.39, 0.29) is 0 Å². The molecule has 0 unspecified atom stereocenters. The summed E-state index contributed by atoms with van der Waals surface area (Å²) in [6.07, 6.45) is 5.59. The van der Waals surface area contributed by atoms with E-state index in [1.165, 1.54) is 12.7 Å². The highest BCUT2D eigenvalue weighted by Crippen LogP contribution is 2.27. The number of halogens is 1. The molecule has 0 radical (unpaired) electrons. The molecule has 2 heterocycles. The Balaban J connectivity index is 1.39. The van der Waals surface area contributed by atoms with Gasteiger partial charge < -0.3 is 15.4 Å². The summed E-state index contributed by atoms with van der Waals surface area (Å²) in [7, 11) is 1.51. The Bertz CT molecular complexity index is 839. The summed E-state index contributed by atoms with van der Waals surface area (Å²) >= 11 is 6.03. The summed E-state index contributed by atoms with van der Waals surface area (Å²) in [5.41, 5.74) is 1.70. The molecular formula is C21H25ClN4O3.